The molecular weight excluding hydrogens is 468 g/mol. The zero-order valence-corrected chi connectivity index (χ0v) is 18.4. The highest BCUT2D eigenvalue weighted by Crippen LogP contribution is 2.38. The van der Waals surface area contributed by atoms with Gasteiger partial charge in [0.25, 0.3) is 17.5 Å². The van der Waals surface area contributed by atoms with Gasteiger partial charge < -0.3 is 9.47 Å². The summed E-state index contributed by atoms with van der Waals surface area (Å²) in [6, 6.07) is 7.31. The van der Waals surface area contributed by atoms with E-state index in [4.69, 9.17) is 21.7 Å². The number of nitrogens with zero attached hydrogens (tertiary/aromatic N) is 3. The first-order valence-electron chi connectivity index (χ1n) is 9.44. The summed E-state index contributed by atoms with van der Waals surface area (Å²) in [7, 11) is 1.33. The van der Waals surface area contributed by atoms with Gasteiger partial charge in [-0.25, -0.2) is 0 Å². The van der Waals surface area contributed by atoms with Crippen LogP contribution in [0.25, 0.3) is 6.08 Å². The van der Waals surface area contributed by atoms with Crippen molar-refractivity contribution in [3.63, 3.8) is 0 Å². The average molecular weight is 484 g/mol. The molecule has 1 heterocycles. The minimum atomic E-state index is -0.805. The summed E-state index contributed by atoms with van der Waals surface area (Å²) in [6.07, 6.45) is 2.79. The van der Waals surface area contributed by atoms with Gasteiger partial charge >= 0.3 is 5.69 Å². The smallest absolute Gasteiger partial charge is 0.318 e. The van der Waals surface area contributed by atoms with Gasteiger partial charge in [-0.15, -0.1) is 6.58 Å². The van der Waals surface area contributed by atoms with E-state index in [1.54, 1.807) is 0 Å². The minimum absolute atomic E-state index is 0.0296. The molecule has 1 saturated heterocycles. The molecule has 0 aliphatic carbocycles. The lowest BCUT2D eigenvalue weighted by Crippen LogP contribution is -2.53. The number of nitro benzene ring substituents is 2. The third kappa shape index (κ3) is 4.88. The van der Waals surface area contributed by atoms with Crippen molar-refractivity contribution in [3.05, 3.63) is 80.4 Å². The molecule has 0 saturated carbocycles. The normalized spacial score (nSPS) is 14.6. The summed E-state index contributed by atoms with van der Waals surface area (Å²) >= 11 is 5.01. The second-order valence-electron chi connectivity index (χ2n) is 6.70. The molecule has 13 heteroatoms. The van der Waals surface area contributed by atoms with Crippen LogP contribution in [0.2, 0.25) is 0 Å². The van der Waals surface area contributed by atoms with Crippen molar-refractivity contribution in [2.45, 2.75) is 0 Å². The molecule has 2 aromatic rings. The SMILES string of the molecule is C=CCN1C(=O)/C(=C/c2ccc(Oc3ccc([N+](=O)[O-])cc3[N+](=O)[O-])c(OC)c2)C(=O)NC1=S. The topological polar surface area (TPSA) is 154 Å². The fraction of sp³-hybridized carbons (Fsp3) is 0.0952. The Labute approximate surface area is 197 Å². The average Bonchev–Trinajstić information content (AvgIpc) is 2.80. The fourth-order valence-electron chi connectivity index (χ4n) is 2.98. The summed E-state index contributed by atoms with van der Waals surface area (Å²) in [5, 5.41) is 24.7. The Morgan fingerprint density at radius 2 is 1.79 bits per heavy atom. The number of nitrogens with one attached hydrogen (secondary N) is 1. The number of benzene rings is 2. The molecule has 1 aliphatic rings. The van der Waals surface area contributed by atoms with Crippen LogP contribution in [0.3, 0.4) is 0 Å². The van der Waals surface area contributed by atoms with Crippen molar-refractivity contribution in [1.29, 1.82) is 0 Å². The number of rotatable bonds is 8. The standard InChI is InChI=1S/C21H16N4O8S/c1-3-8-23-20(27)14(19(26)22-21(23)34)9-12-4-6-17(18(10-12)32-2)33-16-7-5-13(24(28)29)11-15(16)25(30)31/h3-7,9-11H,1,8H2,2H3,(H,22,26,34)/b14-9+. The van der Waals surface area contributed by atoms with E-state index in [0.29, 0.717) is 5.56 Å². The maximum Gasteiger partial charge on any atom is 0.318 e. The largest absolute Gasteiger partial charge is 0.493 e. The van der Waals surface area contributed by atoms with Crippen LogP contribution < -0.4 is 14.8 Å². The molecule has 0 radical (unpaired) electrons. The van der Waals surface area contributed by atoms with E-state index in [2.05, 4.69) is 11.9 Å². The second-order valence-corrected chi connectivity index (χ2v) is 7.09. The summed E-state index contributed by atoms with van der Waals surface area (Å²) in [5.41, 5.74) is -0.844. The fourth-order valence-corrected chi connectivity index (χ4v) is 3.23. The molecule has 2 amide bonds. The lowest BCUT2D eigenvalue weighted by molar-refractivity contribution is -0.394. The highest BCUT2D eigenvalue weighted by molar-refractivity contribution is 7.80. The third-order valence-corrected chi connectivity index (χ3v) is 4.89. The van der Waals surface area contributed by atoms with Crippen molar-refractivity contribution in [1.82, 2.24) is 10.2 Å². The van der Waals surface area contributed by atoms with Crippen molar-refractivity contribution < 1.29 is 28.9 Å². The van der Waals surface area contributed by atoms with Crippen molar-refractivity contribution in [2.75, 3.05) is 13.7 Å². The highest BCUT2D eigenvalue weighted by atomic mass is 32.1. The second kappa shape index (κ2) is 9.87. The third-order valence-electron chi connectivity index (χ3n) is 4.57. The lowest BCUT2D eigenvalue weighted by atomic mass is 10.1. The first-order valence-corrected chi connectivity index (χ1v) is 9.85. The molecule has 0 spiro atoms. The van der Waals surface area contributed by atoms with Gasteiger partial charge in [0.2, 0.25) is 5.75 Å². The van der Waals surface area contributed by atoms with Crippen LogP contribution >= 0.6 is 12.2 Å². The highest BCUT2D eigenvalue weighted by Gasteiger charge is 2.32. The Hall–Kier alpha value is -4.65. The maximum absolute atomic E-state index is 12.7. The van der Waals surface area contributed by atoms with Crippen LogP contribution in [0.4, 0.5) is 11.4 Å². The Morgan fingerprint density at radius 3 is 2.41 bits per heavy atom. The molecule has 0 aromatic heterocycles. The predicted molar refractivity (Wildman–Crippen MR) is 123 cm³/mol. The van der Waals surface area contributed by atoms with Gasteiger partial charge in [0.1, 0.15) is 5.57 Å². The molecule has 2 aromatic carbocycles. The van der Waals surface area contributed by atoms with E-state index in [9.17, 15) is 29.8 Å². The molecule has 3 rings (SSSR count). The summed E-state index contributed by atoms with van der Waals surface area (Å²) < 4.78 is 10.9. The maximum atomic E-state index is 12.7. The van der Waals surface area contributed by atoms with E-state index in [-0.39, 0.29) is 34.5 Å². The first-order chi connectivity index (χ1) is 16.2. The van der Waals surface area contributed by atoms with E-state index < -0.39 is 33.0 Å². The Bertz CT molecular complexity index is 1270. The number of non-ortho nitro benzene ring substituents is 1. The predicted octanol–water partition coefficient (Wildman–Crippen LogP) is 3.12. The number of thiocarbonyl (C=S) groups is 1. The van der Waals surface area contributed by atoms with E-state index in [1.165, 1.54) is 42.4 Å². The Balaban J connectivity index is 1.95. The number of nitro groups is 2. The zero-order chi connectivity index (χ0) is 25.0. The van der Waals surface area contributed by atoms with Crippen LogP contribution in [0.1, 0.15) is 5.56 Å². The minimum Gasteiger partial charge on any atom is -0.493 e. The van der Waals surface area contributed by atoms with Gasteiger partial charge in [-0.1, -0.05) is 12.1 Å². The van der Waals surface area contributed by atoms with E-state index >= 15 is 0 Å². The van der Waals surface area contributed by atoms with Crippen LogP contribution in [-0.2, 0) is 9.59 Å². The Kier molecular flexibility index (Phi) is 6.97. The summed E-state index contributed by atoms with van der Waals surface area (Å²) in [6.45, 7) is 3.67. The molecule has 1 fully saturated rings. The number of ether oxygens (including phenoxy) is 2. The molecule has 0 atom stereocenters. The number of hydrogen-bond donors (Lipinski definition) is 1. The quantitative estimate of drug-likeness (QED) is 0.149. The first kappa shape index (κ1) is 24.0. The van der Waals surface area contributed by atoms with Crippen LogP contribution in [-0.4, -0.2) is 45.3 Å². The van der Waals surface area contributed by atoms with E-state index in [0.717, 1.165) is 18.2 Å². The van der Waals surface area contributed by atoms with Crippen molar-refractivity contribution in [3.8, 4) is 17.2 Å². The van der Waals surface area contributed by atoms with Gasteiger partial charge in [0.15, 0.2) is 16.6 Å². The zero-order valence-electron chi connectivity index (χ0n) is 17.5. The van der Waals surface area contributed by atoms with Crippen molar-refractivity contribution >= 4 is 46.6 Å². The van der Waals surface area contributed by atoms with Gasteiger partial charge in [-0.05, 0) is 42.1 Å². The number of hydrogen-bond acceptors (Lipinski definition) is 9. The molecule has 12 nitrogen and oxygen atoms in total. The number of amides is 2. The molecular formula is C21H16N4O8S. The lowest BCUT2D eigenvalue weighted by Gasteiger charge is -2.27. The Morgan fingerprint density at radius 1 is 1.09 bits per heavy atom. The number of methoxy groups -OCH3 is 1. The van der Waals surface area contributed by atoms with Crippen LogP contribution in [0.15, 0.2) is 54.6 Å². The van der Waals surface area contributed by atoms with Crippen LogP contribution in [0.5, 0.6) is 17.2 Å². The van der Waals surface area contributed by atoms with E-state index in [1.807, 2.05) is 0 Å². The van der Waals surface area contributed by atoms with Gasteiger partial charge in [-0.3, -0.25) is 40.0 Å². The molecule has 1 aliphatic heterocycles. The summed E-state index contributed by atoms with van der Waals surface area (Å²) in [4.78, 5) is 46.9. The van der Waals surface area contributed by atoms with Gasteiger partial charge in [0.05, 0.1) is 23.0 Å². The molecule has 34 heavy (non-hydrogen) atoms. The van der Waals surface area contributed by atoms with Crippen molar-refractivity contribution in [2.24, 2.45) is 0 Å². The van der Waals surface area contributed by atoms with Gasteiger partial charge in [0, 0.05) is 12.6 Å². The summed E-state index contributed by atoms with van der Waals surface area (Å²) in [5.74, 6) is -1.32. The molecule has 0 bridgehead atoms. The van der Waals surface area contributed by atoms with Crippen LogP contribution in [0, 0.1) is 20.2 Å². The van der Waals surface area contributed by atoms with Gasteiger partial charge in [-0.2, -0.15) is 0 Å². The monoisotopic (exact) mass is 484 g/mol. The molecule has 174 valence electrons. The molecule has 1 N–H and O–H groups in total. The number of carbonyl (C=O) groups is 2. The molecule has 0 unspecified atom stereocenters. The number of carbonyl (C=O) groups excluding carboxylic acids is 2.